The van der Waals surface area contributed by atoms with Gasteiger partial charge in [0.15, 0.2) is 0 Å². The van der Waals surface area contributed by atoms with E-state index in [1.54, 1.807) is 31.1 Å². The van der Waals surface area contributed by atoms with Gasteiger partial charge in [0, 0.05) is 10.9 Å². The minimum absolute atomic E-state index is 0.419. The number of carbonyl (C=O) groups is 1. The molecule has 0 amide bonds. The third kappa shape index (κ3) is 3.87. The van der Waals surface area contributed by atoms with E-state index in [1.165, 1.54) is 0 Å². The van der Waals surface area contributed by atoms with Gasteiger partial charge in [0.2, 0.25) is 0 Å². The second-order valence-corrected chi connectivity index (χ2v) is 7.31. The van der Waals surface area contributed by atoms with Gasteiger partial charge in [0.1, 0.15) is 11.5 Å². The molecule has 0 atom stereocenters. The molecule has 0 fully saturated rings. The maximum atomic E-state index is 12.8. The van der Waals surface area contributed by atoms with Crippen molar-refractivity contribution >= 4 is 16.9 Å². The number of ether oxygens (including phenoxy) is 2. The molecule has 0 unspecified atom stereocenters. The Kier molecular flexibility index (Phi) is 5.67. The van der Waals surface area contributed by atoms with E-state index in [0.29, 0.717) is 5.56 Å². The molecule has 0 bridgehead atoms. The molecule has 0 aliphatic rings. The number of rotatable bonds is 6. The van der Waals surface area contributed by atoms with Crippen molar-refractivity contribution < 1.29 is 19.1 Å². The molecule has 1 heterocycles. The largest absolute Gasteiger partial charge is 0.497 e. The molecule has 0 saturated carbocycles. The number of methoxy groups -OCH3 is 2. The van der Waals surface area contributed by atoms with E-state index >= 15 is 0 Å². The predicted molar refractivity (Wildman–Crippen MR) is 122 cm³/mol. The van der Waals surface area contributed by atoms with E-state index in [0.717, 1.165) is 51.2 Å². The molecule has 158 valence electrons. The van der Waals surface area contributed by atoms with Gasteiger partial charge >= 0.3 is 5.97 Å². The van der Waals surface area contributed by atoms with Crippen LogP contribution in [-0.4, -0.2) is 24.9 Å². The van der Waals surface area contributed by atoms with Gasteiger partial charge in [-0.15, -0.1) is 0 Å². The highest BCUT2D eigenvalue weighted by atomic mass is 16.7. The van der Waals surface area contributed by atoms with Crippen molar-refractivity contribution in [1.29, 1.82) is 0 Å². The molecule has 5 nitrogen and oxygen atoms in total. The van der Waals surface area contributed by atoms with Gasteiger partial charge in [0.05, 0.1) is 31.0 Å². The predicted octanol–water partition coefficient (Wildman–Crippen LogP) is 5.47. The summed E-state index contributed by atoms with van der Waals surface area (Å²) >= 11 is 0. The van der Waals surface area contributed by atoms with Crippen LogP contribution in [0.25, 0.3) is 22.0 Å². The first-order valence-corrected chi connectivity index (χ1v) is 10.2. The molecule has 1 aromatic heterocycles. The Balaban J connectivity index is 1.60. The molecule has 0 aliphatic carbocycles. The van der Waals surface area contributed by atoms with Crippen LogP contribution in [-0.2, 0) is 6.42 Å². The fraction of sp³-hybridized carbons (Fsp3) is 0.192. The van der Waals surface area contributed by atoms with Crippen LogP contribution < -0.4 is 14.3 Å². The molecule has 0 N–H and O–H groups in total. The van der Waals surface area contributed by atoms with Crippen LogP contribution in [0, 0.1) is 6.92 Å². The quantitative estimate of drug-likeness (QED) is 0.419. The van der Waals surface area contributed by atoms with Gasteiger partial charge in [-0.25, -0.2) is 4.79 Å². The molecule has 0 aliphatic heterocycles. The lowest BCUT2D eigenvalue weighted by molar-refractivity contribution is 0.0474. The number of nitrogens with zero attached hydrogens (tertiary/aromatic N) is 1. The highest BCUT2D eigenvalue weighted by Crippen LogP contribution is 2.33. The smallest absolute Gasteiger partial charge is 0.363 e. The summed E-state index contributed by atoms with van der Waals surface area (Å²) in [5.74, 6) is 1.21. The maximum absolute atomic E-state index is 12.8. The topological polar surface area (TPSA) is 49.7 Å². The van der Waals surface area contributed by atoms with Crippen molar-refractivity contribution in [2.75, 3.05) is 14.2 Å². The zero-order valence-corrected chi connectivity index (χ0v) is 18.1. The van der Waals surface area contributed by atoms with Gasteiger partial charge in [-0.2, -0.15) is 4.73 Å². The van der Waals surface area contributed by atoms with Crippen LogP contribution in [0.2, 0.25) is 0 Å². The lowest BCUT2D eigenvalue weighted by atomic mass is 9.99. The summed E-state index contributed by atoms with van der Waals surface area (Å²) in [5.41, 5.74) is 5.25. The van der Waals surface area contributed by atoms with Crippen LogP contribution in [0.1, 0.15) is 28.5 Å². The van der Waals surface area contributed by atoms with E-state index < -0.39 is 5.97 Å². The summed E-state index contributed by atoms with van der Waals surface area (Å²) in [6.07, 6.45) is 0.886. The van der Waals surface area contributed by atoms with Crippen molar-refractivity contribution in [1.82, 2.24) is 4.73 Å². The molecule has 0 saturated heterocycles. The molecular weight excluding hydrogens is 390 g/mol. The van der Waals surface area contributed by atoms with Gasteiger partial charge in [-0.1, -0.05) is 37.3 Å². The van der Waals surface area contributed by atoms with Crippen LogP contribution in [0.3, 0.4) is 0 Å². The highest BCUT2D eigenvalue weighted by Gasteiger charge is 2.15. The van der Waals surface area contributed by atoms with E-state index in [2.05, 4.69) is 13.0 Å². The first kappa shape index (κ1) is 20.5. The molecule has 0 radical (unpaired) electrons. The Hall–Kier alpha value is -3.73. The zero-order valence-electron chi connectivity index (χ0n) is 18.1. The van der Waals surface area contributed by atoms with E-state index in [-0.39, 0.29) is 0 Å². The number of para-hydroxylation sites is 1. The summed E-state index contributed by atoms with van der Waals surface area (Å²) in [5, 5.41) is 0.947. The lowest BCUT2D eigenvalue weighted by Crippen LogP contribution is -2.20. The van der Waals surface area contributed by atoms with Crippen LogP contribution in [0.4, 0.5) is 0 Å². The molecule has 5 heteroatoms. The molecule has 0 spiro atoms. The van der Waals surface area contributed by atoms with Crippen LogP contribution >= 0.6 is 0 Å². The van der Waals surface area contributed by atoms with Gasteiger partial charge in [-0.3, -0.25) is 0 Å². The Labute approximate surface area is 181 Å². The van der Waals surface area contributed by atoms with Crippen molar-refractivity contribution in [2.24, 2.45) is 0 Å². The summed E-state index contributed by atoms with van der Waals surface area (Å²) in [6.45, 7) is 4.00. The number of hydrogen-bond acceptors (Lipinski definition) is 4. The number of aromatic nitrogens is 1. The van der Waals surface area contributed by atoms with E-state index in [9.17, 15) is 4.79 Å². The standard InChI is InChI=1S/C26H25NO4/c1-5-18-7-6-8-23(25(18)30-4)19-9-11-20(12-10-19)26(28)31-27-17(2)15-21-16-22(29-3)13-14-24(21)27/h6-16H,5H2,1-4H3. The molecule has 31 heavy (non-hydrogen) atoms. The van der Waals surface area contributed by atoms with Crippen molar-refractivity contribution in [3.63, 3.8) is 0 Å². The average Bonchev–Trinajstić information content (AvgIpc) is 3.12. The number of hydrogen-bond donors (Lipinski definition) is 0. The van der Waals surface area contributed by atoms with E-state index in [4.69, 9.17) is 14.3 Å². The minimum atomic E-state index is -0.419. The minimum Gasteiger partial charge on any atom is -0.497 e. The molecule has 4 aromatic rings. The molecule has 4 rings (SSSR count). The SMILES string of the molecule is CCc1cccc(-c2ccc(C(=O)On3c(C)cc4cc(OC)ccc43)cc2)c1OC. The fourth-order valence-corrected chi connectivity index (χ4v) is 3.81. The highest BCUT2D eigenvalue weighted by molar-refractivity contribution is 5.91. The van der Waals surface area contributed by atoms with Crippen molar-refractivity contribution in [2.45, 2.75) is 20.3 Å². The van der Waals surface area contributed by atoms with Gasteiger partial charge in [0.25, 0.3) is 0 Å². The summed E-state index contributed by atoms with van der Waals surface area (Å²) in [4.78, 5) is 18.5. The van der Waals surface area contributed by atoms with E-state index in [1.807, 2.05) is 55.5 Å². The normalized spacial score (nSPS) is 10.8. The average molecular weight is 415 g/mol. The Morgan fingerprint density at radius 2 is 1.71 bits per heavy atom. The van der Waals surface area contributed by atoms with Crippen molar-refractivity contribution in [3.05, 3.63) is 83.6 Å². The first-order chi connectivity index (χ1) is 15.0. The maximum Gasteiger partial charge on any atom is 0.363 e. The van der Waals surface area contributed by atoms with Gasteiger partial charge < -0.3 is 14.3 Å². The Morgan fingerprint density at radius 3 is 2.39 bits per heavy atom. The zero-order chi connectivity index (χ0) is 22.0. The Bertz CT molecular complexity index is 1240. The number of aryl methyl sites for hydroxylation is 2. The lowest BCUT2D eigenvalue weighted by Gasteiger charge is -2.13. The summed E-state index contributed by atoms with van der Waals surface area (Å²) < 4.78 is 12.5. The second-order valence-electron chi connectivity index (χ2n) is 7.31. The second kappa shape index (κ2) is 8.56. The monoisotopic (exact) mass is 415 g/mol. The number of fused-ring (bicyclic) bond motifs is 1. The Morgan fingerprint density at radius 1 is 0.935 bits per heavy atom. The van der Waals surface area contributed by atoms with Crippen LogP contribution in [0.5, 0.6) is 11.5 Å². The van der Waals surface area contributed by atoms with Gasteiger partial charge in [-0.05, 0) is 60.9 Å². The third-order valence-corrected chi connectivity index (χ3v) is 5.43. The van der Waals surface area contributed by atoms with Crippen molar-refractivity contribution in [3.8, 4) is 22.6 Å². The summed E-state index contributed by atoms with van der Waals surface area (Å²) in [6, 6.07) is 21.1. The number of carbonyl (C=O) groups excluding carboxylic acids is 1. The first-order valence-electron chi connectivity index (χ1n) is 10.2. The molecule has 3 aromatic carbocycles. The fourth-order valence-electron chi connectivity index (χ4n) is 3.81. The van der Waals surface area contributed by atoms with Crippen LogP contribution in [0.15, 0.2) is 66.7 Å². The third-order valence-electron chi connectivity index (χ3n) is 5.43. The molecular formula is C26H25NO4. The summed E-state index contributed by atoms with van der Waals surface area (Å²) in [7, 11) is 3.31. The number of benzene rings is 3.